The van der Waals surface area contributed by atoms with Crippen molar-refractivity contribution in [1.29, 1.82) is 0 Å². The summed E-state index contributed by atoms with van der Waals surface area (Å²) in [7, 11) is 1.85. The Morgan fingerprint density at radius 1 is 1.21 bits per heavy atom. The number of fused-ring (bicyclic) bond motifs is 1. The maximum Gasteiger partial charge on any atom is 0.193 e. The second kappa shape index (κ2) is 8.88. The average Bonchev–Trinajstić information content (AvgIpc) is 3.38. The van der Waals surface area contributed by atoms with Gasteiger partial charge in [-0.3, -0.25) is 9.89 Å². The van der Waals surface area contributed by atoms with Crippen molar-refractivity contribution < 1.29 is 4.52 Å². The van der Waals surface area contributed by atoms with Gasteiger partial charge in [0.15, 0.2) is 5.96 Å². The number of H-pyrrole nitrogens is 1. The standard InChI is InChI=1S/C20H27N7O/c1-21-20(27-12-10-26(11-13-27)15-16-8-14-28-25-16)22-9-4-7-19-23-17-5-2-3-6-18(17)24-19/h2-3,5-6,8,14H,4,7,9-13,15H2,1H3,(H,21,22)(H,23,24). The summed E-state index contributed by atoms with van der Waals surface area (Å²) < 4.78 is 4.91. The predicted molar refractivity (Wildman–Crippen MR) is 109 cm³/mol. The molecule has 1 fully saturated rings. The molecule has 1 aliphatic rings. The first-order chi connectivity index (χ1) is 13.8. The number of imidazole rings is 1. The molecule has 4 rings (SSSR count). The zero-order valence-electron chi connectivity index (χ0n) is 16.3. The van der Waals surface area contributed by atoms with Crippen molar-refractivity contribution in [2.45, 2.75) is 19.4 Å². The highest BCUT2D eigenvalue weighted by Crippen LogP contribution is 2.11. The first-order valence-electron chi connectivity index (χ1n) is 9.82. The normalized spacial score (nSPS) is 16.0. The molecule has 2 N–H and O–H groups in total. The second-order valence-electron chi connectivity index (χ2n) is 7.03. The predicted octanol–water partition coefficient (Wildman–Crippen LogP) is 1.88. The lowest BCUT2D eigenvalue weighted by Gasteiger charge is -2.36. The number of rotatable bonds is 6. The number of nitrogens with zero attached hydrogens (tertiary/aromatic N) is 5. The summed E-state index contributed by atoms with van der Waals surface area (Å²) in [5.74, 6) is 2.02. The van der Waals surface area contributed by atoms with Crippen LogP contribution in [0.25, 0.3) is 11.0 Å². The third kappa shape index (κ3) is 4.51. The highest BCUT2D eigenvalue weighted by Gasteiger charge is 2.20. The van der Waals surface area contributed by atoms with Gasteiger partial charge in [-0.15, -0.1) is 0 Å². The molecule has 3 aromatic rings. The molecule has 0 bridgehead atoms. The maximum absolute atomic E-state index is 4.91. The zero-order valence-corrected chi connectivity index (χ0v) is 16.3. The fraction of sp³-hybridized carbons (Fsp3) is 0.450. The minimum atomic E-state index is 0.841. The number of aromatic amines is 1. The number of hydrogen-bond acceptors (Lipinski definition) is 5. The van der Waals surface area contributed by atoms with Crippen LogP contribution < -0.4 is 5.32 Å². The van der Waals surface area contributed by atoms with Gasteiger partial charge in [0.1, 0.15) is 12.1 Å². The Labute approximate surface area is 164 Å². The Bertz CT molecular complexity index is 861. The summed E-state index contributed by atoms with van der Waals surface area (Å²) in [5, 5.41) is 7.49. The highest BCUT2D eigenvalue weighted by atomic mass is 16.5. The Morgan fingerprint density at radius 3 is 2.82 bits per heavy atom. The van der Waals surface area contributed by atoms with E-state index in [0.29, 0.717) is 0 Å². The van der Waals surface area contributed by atoms with Crippen LogP contribution in [0.1, 0.15) is 17.9 Å². The quantitative estimate of drug-likeness (QED) is 0.385. The molecule has 0 saturated carbocycles. The van der Waals surface area contributed by atoms with Gasteiger partial charge in [-0.1, -0.05) is 17.3 Å². The van der Waals surface area contributed by atoms with Crippen LogP contribution >= 0.6 is 0 Å². The first-order valence-corrected chi connectivity index (χ1v) is 9.82. The molecule has 1 aliphatic heterocycles. The third-order valence-corrected chi connectivity index (χ3v) is 5.07. The van der Waals surface area contributed by atoms with Gasteiger partial charge in [0.2, 0.25) is 0 Å². The number of para-hydroxylation sites is 2. The Balaban J connectivity index is 1.19. The number of guanidine groups is 1. The van der Waals surface area contributed by atoms with E-state index < -0.39 is 0 Å². The molecule has 0 atom stereocenters. The van der Waals surface area contributed by atoms with E-state index in [1.165, 1.54) is 0 Å². The van der Waals surface area contributed by atoms with Gasteiger partial charge in [0.05, 0.1) is 16.7 Å². The molecule has 0 radical (unpaired) electrons. The topological polar surface area (TPSA) is 85.6 Å². The lowest BCUT2D eigenvalue weighted by atomic mass is 10.3. The number of aliphatic imine (C=N–C) groups is 1. The Morgan fingerprint density at radius 2 is 2.07 bits per heavy atom. The summed E-state index contributed by atoms with van der Waals surface area (Å²) in [4.78, 5) is 17.2. The zero-order chi connectivity index (χ0) is 19.2. The number of benzene rings is 1. The molecule has 28 heavy (non-hydrogen) atoms. The fourth-order valence-corrected chi connectivity index (χ4v) is 3.58. The van der Waals surface area contributed by atoms with Gasteiger partial charge >= 0.3 is 0 Å². The molecule has 0 spiro atoms. The molecule has 148 valence electrons. The minimum absolute atomic E-state index is 0.841. The lowest BCUT2D eigenvalue weighted by Crippen LogP contribution is -2.52. The SMILES string of the molecule is CN=C(NCCCc1nc2ccccc2[nH]1)N1CCN(Cc2ccon2)CC1. The molecule has 3 heterocycles. The van der Waals surface area contributed by atoms with Crippen molar-refractivity contribution in [3.05, 3.63) is 48.1 Å². The number of piperazine rings is 1. The van der Waals surface area contributed by atoms with Crippen molar-refractivity contribution in [2.75, 3.05) is 39.8 Å². The number of hydrogen-bond donors (Lipinski definition) is 2. The van der Waals surface area contributed by atoms with E-state index in [0.717, 1.165) is 80.6 Å². The monoisotopic (exact) mass is 381 g/mol. The Kier molecular flexibility index (Phi) is 5.86. The van der Waals surface area contributed by atoms with Crippen molar-refractivity contribution >= 4 is 17.0 Å². The maximum atomic E-state index is 4.91. The van der Waals surface area contributed by atoms with Crippen LogP contribution in [0.4, 0.5) is 0 Å². The van der Waals surface area contributed by atoms with Crippen molar-refractivity contribution in [3.8, 4) is 0 Å². The largest absolute Gasteiger partial charge is 0.364 e. The molecule has 0 amide bonds. The molecular weight excluding hydrogens is 354 g/mol. The van der Waals surface area contributed by atoms with Gasteiger partial charge in [-0.25, -0.2) is 4.98 Å². The van der Waals surface area contributed by atoms with Gasteiger partial charge in [0, 0.05) is 58.8 Å². The van der Waals surface area contributed by atoms with Crippen LogP contribution in [0.15, 0.2) is 46.1 Å². The molecule has 8 heteroatoms. The second-order valence-corrected chi connectivity index (χ2v) is 7.03. The molecular formula is C20H27N7O. The summed E-state index contributed by atoms with van der Waals surface area (Å²) in [6, 6.07) is 10.1. The molecule has 0 unspecified atom stereocenters. The van der Waals surface area contributed by atoms with Gasteiger partial charge in [-0.05, 0) is 18.6 Å². The fourth-order valence-electron chi connectivity index (χ4n) is 3.58. The van der Waals surface area contributed by atoms with E-state index in [9.17, 15) is 0 Å². The lowest BCUT2D eigenvalue weighted by molar-refractivity contribution is 0.169. The summed E-state index contributed by atoms with van der Waals surface area (Å²) in [5.41, 5.74) is 3.12. The van der Waals surface area contributed by atoms with Crippen LogP contribution in [0, 0.1) is 0 Å². The molecule has 1 aromatic carbocycles. The van der Waals surface area contributed by atoms with Gasteiger partial charge in [-0.2, -0.15) is 0 Å². The van der Waals surface area contributed by atoms with Crippen LogP contribution in [-0.4, -0.2) is 70.7 Å². The average molecular weight is 381 g/mol. The van der Waals surface area contributed by atoms with Crippen LogP contribution in [0.5, 0.6) is 0 Å². The number of aromatic nitrogens is 3. The summed E-state index contributed by atoms with van der Waals surface area (Å²) >= 11 is 0. The van der Waals surface area contributed by atoms with Crippen LogP contribution in [-0.2, 0) is 13.0 Å². The van der Waals surface area contributed by atoms with Gasteiger partial charge < -0.3 is 19.7 Å². The minimum Gasteiger partial charge on any atom is -0.364 e. The van der Waals surface area contributed by atoms with Crippen LogP contribution in [0.3, 0.4) is 0 Å². The highest BCUT2D eigenvalue weighted by molar-refractivity contribution is 5.80. The van der Waals surface area contributed by atoms with Gasteiger partial charge in [0.25, 0.3) is 0 Å². The third-order valence-electron chi connectivity index (χ3n) is 5.07. The molecule has 1 saturated heterocycles. The van der Waals surface area contributed by atoms with E-state index in [1.807, 2.05) is 31.3 Å². The Hall–Kier alpha value is -2.87. The van der Waals surface area contributed by atoms with E-state index in [1.54, 1.807) is 6.26 Å². The number of nitrogens with one attached hydrogen (secondary N) is 2. The smallest absolute Gasteiger partial charge is 0.193 e. The molecule has 2 aromatic heterocycles. The number of aryl methyl sites for hydroxylation is 1. The van der Waals surface area contributed by atoms with Crippen molar-refractivity contribution in [1.82, 2.24) is 30.2 Å². The van der Waals surface area contributed by atoms with E-state index in [-0.39, 0.29) is 0 Å². The summed E-state index contributed by atoms with van der Waals surface area (Å²) in [6.45, 7) is 5.62. The van der Waals surface area contributed by atoms with E-state index in [2.05, 4.69) is 41.3 Å². The molecule has 8 nitrogen and oxygen atoms in total. The van der Waals surface area contributed by atoms with Crippen molar-refractivity contribution in [3.63, 3.8) is 0 Å². The van der Waals surface area contributed by atoms with Crippen molar-refractivity contribution in [2.24, 2.45) is 4.99 Å². The molecule has 0 aliphatic carbocycles. The summed E-state index contributed by atoms with van der Waals surface area (Å²) in [6.07, 6.45) is 3.55. The first kappa shape index (κ1) is 18.5. The van der Waals surface area contributed by atoms with E-state index in [4.69, 9.17) is 4.52 Å². The van der Waals surface area contributed by atoms with E-state index >= 15 is 0 Å². The van der Waals surface area contributed by atoms with Crippen LogP contribution in [0.2, 0.25) is 0 Å².